The molecule has 1 aliphatic rings. The van der Waals surface area contributed by atoms with Crippen LogP contribution in [0.15, 0.2) is 54.2 Å². The third-order valence-electron chi connectivity index (χ3n) is 5.46. The maximum absolute atomic E-state index is 4.77. The van der Waals surface area contributed by atoms with E-state index in [-0.39, 0.29) is 0 Å². The summed E-state index contributed by atoms with van der Waals surface area (Å²) in [5.74, 6) is 1.02. The molecule has 2 aromatic carbocycles. The fourth-order valence-corrected chi connectivity index (χ4v) is 5.15. The number of benzene rings is 2. The lowest BCUT2D eigenvalue weighted by Crippen LogP contribution is -2.25. The van der Waals surface area contributed by atoms with Crippen LogP contribution in [0.4, 0.5) is 11.5 Å². The van der Waals surface area contributed by atoms with Gasteiger partial charge in [-0.3, -0.25) is 0 Å². The van der Waals surface area contributed by atoms with E-state index < -0.39 is 0 Å². The van der Waals surface area contributed by atoms with Gasteiger partial charge in [0.2, 0.25) is 0 Å². The summed E-state index contributed by atoms with van der Waals surface area (Å²) in [5, 5.41) is 3.39. The van der Waals surface area contributed by atoms with Crippen molar-refractivity contribution < 1.29 is 0 Å². The van der Waals surface area contributed by atoms with Gasteiger partial charge >= 0.3 is 0 Å². The van der Waals surface area contributed by atoms with Crippen LogP contribution < -0.4 is 4.90 Å². The first-order chi connectivity index (χ1) is 13.1. The molecule has 4 aromatic rings. The Bertz CT molecular complexity index is 1160. The van der Waals surface area contributed by atoms with Gasteiger partial charge < -0.3 is 4.90 Å². The molecular weight excluding hydrogens is 350 g/mol. The number of fused-ring (bicyclic) bond motifs is 2. The van der Waals surface area contributed by atoms with Crippen LogP contribution in [-0.2, 0) is 6.42 Å². The molecule has 134 valence electrons. The van der Waals surface area contributed by atoms with Crippen molar-refractivity contribution in [2.24, 2.45) is 0 Å². The van der Waals surface area contributed by atoms with Gasteiger partial charge in [-0.1, -0.05) is 42.0 Å². The number of aromatic nitrogens is 2. The molecule has 27 heavy (non-hydrogen) atoms. The predicted octanol–water partition coefficient (Wildman–Crippen LogP) is 6.06. The van der Waals surface area contributed by atoms with Crippen molar-refractivity contribution in [1.29, 1.82) is 0 Å². The van der Waals surface area contributed by atoms with Crippen LogP contribution in [0, 0.1) is 13.8 Å². The Kier molecular flexibility index (Phi) is 3.76. The highest BCUT2D eigenvalue weighted by Crippen LogP contribution is 2.44. The first-order valence-electron chi connectivity index (χ1n) is 9.30. The molecule has 5 rings (SSSR count). The summed E-state index contributed by atoms with van der Waals surface area (Å²) in [5.41, 5.74) is 7.74. The fraction of sp³-hybridized carbons (Fsp3) is 0.217. The van der Waals surface area contributed by atoms with Gasteiger partial charge in [-0.2, -0.15) is 0 Å². The summed E-state index contributed by atoms with van der Waals surface area (Å²) in [4.78, 5) is 12.8. The van der Waals surface area contributed by atoms with Crippen LogP contribution in [0.3, 0.4) is 0 Å². The van der Waals surface area contributed by atoms with Gasteiger partial charge in [-0.15, -0.1) is 11.3 Å². The van der Waals surface area contributed by atoms with Crippen LogP contribution in [0.25, 0.3) is 21.3 Å². The summed E-state index contributed by atoms with van der Waals surface area (Å²) < 4.78 is 0. The average Bonchev–Trinajstić information content (AvgIpc) is 3.22. The van der Waals surface area contributed by atoms with E-state index in [4.69, 9.17) is 4.98 Å². The van der Waals surface area contributed by atoms with E-state index in [2.05, 4.69) is 78.5 Å². The topological polar surface area (TPSA) is 29.0 Å². The quantitative estimate of drug-likeness (QED) is 0.429. The van der Waals surface area contributed by atoms with Gasteiger partial charge in [0.1, 0.15) is 17.0 Å². The van der Waals surface area contributed by atoms with Gasteiger partial charge in [0.15, 0.2) is 0 Å². The lowest BCUT2D eigenvalue weighted by Gasteiger charge is -2.25. The van der Waals surface area contributed by atoms with Crippen molar-refractivity contribution >= 4 is 33.1 Å². The van der Waals surface area contributed by atoms with Gasteiger partial charge in [0, 0.05) is 22.7 Å². The minimum absolute atomic E-state index is 0.382. The van der Waals surface area contributed by atoms with Crippen molar-refractivity contribution in [1.82, 2.24) is 9.97 Å². The van der Waals surface area contributed by atoms with Crippen LogP contribution in [-0.4, -0.2) is 16.0 Å². The highest BCUT2D eigenvalue weighted by Gasteiger charge is 2.30. The second kappa shape index (κ2) is 6.17. The van der Waals surface area contributed by atoms with E-state index in [0.717, 1.165) is 22.5 Å². The number of rotatable bonds is 2. The molecule has 0 aliphatic carbocycles. The molecule has 0 N–H and O–H groups in total. The highest BCUT2D eigenvalue weighted by atomic mass is 32.1. The summed E-state index contributed by atoms with van der Waals surface area (Å²) in [6, 6.07) is 15.7. The summed E-state index contributed by atoms with van der Waals surface area (Å²) >= 11 is 1.70. The van der Waals surface area contributed by atoms with Gasteiger partial charge in [-0.25, -0.2) is 9.97 Å². The molecule has 4 heteroatoms. The highest BCUT2D eigenvalue weighted by molar-refractivity contribution is 7.17. The first-order valence-corrected chi connectivity index (χ1v) is 10.2. The lowest BCUT2D eigenvalue weighted by atomic mass is 9.99. The predicted molar refractivity (Wildman–Crippen MR) is 114 cm³/mol. The minimum Gasteiger partial charge on any atom is -0.322 e. The van der Waals surface area contributed by atoms with Crippen LogP contribution in [0.1, 0.15) is 23.6 Å². The second-order valence-electron chi connectivity index (χ2n) is 7.40. The molecule has 1 unspecified atom stereocenters. The molecule has 0 fully saturated rings. The Morgan fingerprint density at radius 2 is 1.89 bits per heavy atom. The molecule has 3 heterocycles. The molecule has 0 saturated carbocycles. The molecule has 0 saturated heterocycles. The Morgan fingerprint density at radius 1 is 1.04 bits per heavy atom. The number of thiophene rings is 1. The molecule has 3 nitrogen and oxygen atoms in total. The van der Waals surface area contributed by atoms with Crippen molar-refractivity contribution in [3.05, 3.63) is 70.9 Å². The van der Waals surface area contributed by atoms with Gasteiger partial charge in [0.05, 0.1) is 5.39 Å². The molecule has 1 atom stereocenters. The van der Waals surface area contributed by atoms with E-state index in [9.17, 15) is 0 Å². The van der Waals surface area contributed by atoms with Gasteiger partial charge in [-0.05, 0) is 49.9 Å². The second-order valence-corrected chi connectivity index (χ2v) is 8.26. The number of anilines is 2. The smallest absolute Gasteiger partial charge is 0.146 e. The zero-order chi connectivity index (χ0) is 18.5. The maximum Gasteiger partial charge on any atom is 0.146 e. The fourth-order valence-electron chi connectivity index (χ4n) is 4.24. The van der Waals surface area contributed by atoms with E-state index in [0.29, 0.717) is 6.04 Å². The number of hydrogen-bond donors (Lipinski definition) is 0. The Balaban J connectivity index is 1.76. The van der Waals surface area contributed by atoms with E-state index >= 15 is 0 Å². The largest absolute Gasteiger partial charge is 0.322 e. The van der Waals surface area contributed by atoms with Crippen molar-refractivity contribution in [3.8, 4) is 11.1 Å². The summed E-state index contributed by atoms with van der Waals surface area (Å²) in [6.45, 7) is 6.60. The molecule has 0 bridgehead atoms. The molecule has 2 aromatic heterocycles. The van der Waals surface area contributed by atoms with Crippen molar-refractivity contribution in [2.75, 3.05) is 4.90 Å². The zero-order valence-electron chi connectivity index (χ0n) is 15.7. The van der Waals surface area contributed by atoms with Crippen molar-refractivity contribution in [3.63, 3.8) is 0 Å². The molecule has 0 radical (unpaired) electrons. The van der Waals surface area contributed by atoms with Crippen molar-refractivity contribution in [2.45, 2.75) is 33.2 Å². The van der Waals surface area contributed by atoms with E-state index in [1.54, 1.807) is 17.7 Å². The van der Waals surface area contributed by atoms with Crippen LogP contribution in [0.5, 0.6) is 0 Å². The number of hydrogen-bond acceptors (Lipinski definition) is 4. The third-order valence-corrected chi connectivity index (χ3v) is 6.34. The number of aryl methyl sites for hydroxylation is 2. The lowest BCUT2D eigenvalue weighted by molar-refractivity contribution is 0.752. The van der Waals surface area contributed by atoms with Crippen LogP contribution in [0.2, 0.25) is 0 Å². The Hall–Kier alpha value is -2.72. The normalized spacial score (nSPS) is 16.1. The Labute approximate surface area is 163 Å². The average molecular weight is 372 g/mol. The molecular formula is C23H21N3S. The zero-order valence-corrected chi connectivity index (χ0v) is 16.5. The molecule has 0 amide bonds. The standard InChI is InChI=1S/C23H21N3S/c1-14-8-9-18(15(2)10-14)19-12-27-23-21(19)22(24-13-25-23)26-16(3)11-17-6-4-5-7-20(17)26/h4-10,12-13,16H,11H2,1-3H3. The first kappa shape index (κ1) is 16.5. The molecule has 0 spiro atoms. The summed E-state index contributed by atoms with van der Waals surface area (Å²) in [6.07, 6.45) is 2.75. The van der Waals surface area contributed by atoms with Crippen LogP contribution >= 0.6 is 11.3 Å². The minimum atomic E-state index is 0.382. The number of para-hydroxylation sites is 1. The molecule has 1 aliphatic heterocycles. The Morgan fingerprint density at radius 3 is 2.74 bits per heavy atom. The monoisotopic (exact) mass is 371 g/mol. The summed E-state index contributed by atoms with van der Waals surface area (Å²) in [7, 11) is 0. The third kappa shape index (κ3) is 2.55. The maximum atomic E-state index is 4.77. The number of nitrogens with zero attached hydrogens (tertiary/aromatic N) is 3. The van der Waals surface area contributed by atoms with E-state index in [1.807, 2.05) is 0 Å². The SMILES string of the molecule is Cc1ccc(-c2csc3ncnc(N4c5ccccc5CC4C)c23)c(C)c1. The van der Waals surface area contributed by atoms with Gasteiger partial charge in [0.25, 0.3) is 0 Å². The van der Waals surface area contributed by atoms with E-state index in [1.165, 1.54) is 33.5 Å².